The van der Waals surface area contributed by atoms with Crippen LogP contribution in [0.15, 0.2) is 41.5 Å². The predicted octanol–water partition coefficient (Wildman–Crippen LogP) is 2.15. The van der Waals surface area contributed by atoms with Crippen LogP contribution in [0.3, 0.4) is 0 Å². The molecule has 6 heteroatoms. The SMILES string of the molecule is COc1ccc([C@H](C)CN[C@H]2CCCN(c3nccn(C)c3=O)C2)cc1. The number of hydrogen-bond acceptors (Lipinski definition) is 5. The van der Waals surface area contributed by atoms with E-state index in [0.717, 1.165) is 38.2 Å². The van der Waals surface area contributed by atoms with Crippen molar-refractivity contribution in [2.75, 3.05) is 31.6 Å². The van der Waals surface area contributed by atoms with Gasteiger partial charge in [-0.1, -0.05) is 19.1 Å². The van der Waals surface area contributed by atoms with Gasteiger partial charge in [0.1, 0.15) is 5.75 Å². The molecule has 0 spiro atoms. The smallest absolute Gasteiger partial charge is 0.293 e. The van der Waals surface area contributed by atoms with Crippen molar-refractivity contribution in [2.45, 2.75) is 31.7 Å². The Bertz CT molecular complexity index is 772. The molecule has 0 amide bonds. The van der Waals surface area contributed by atoms with E-state index < -0.39 is 0 Å². The van der Waals surface area contributed by atoms with E-state index in [0.29, 0.717) is 17.8 Å². The molecule has 1 aromatic heterocycles. The van der Waals surface area contributed by atoms with Gasteiger partial charge in [0.15, 0.2) is 5.82 Å². The molecule has 1 saturated heterocycles. The Morgan fingerprint density at radius 1 is 1.35 bits per heavy atom. The van der Waals surface area contributed by atoms with Gasteiger partial charge in [-0.3, -0.25) is 4.79 Å². The van der Waals surface area contributed by atoms with Crippen molar-refractivity contribution < 1.29 is 4.74 Å². The van der Waals surface area contributed by atoms with Crippen LogP contribution in [0.1, 0.15) is 31.2 Å². The summed E-state index contributed by atoms with van der Waals surface area (Å²) in [7, 11) is 3.45. The molecule has 2 aromatic rings. The second-order valence-electron chi connectivity index (χ2n) is 7.03. The molecule has 26 heavy (non-hydrogen) atoms. The topological polar surface area (TPSA) is 59.4 Å². The number of methoxy groups -OCH3 is 1. The van der Waals surface area contributed by atoms with Crippen LogP contribution in [-0.4, -0.2) is 42.3 Å². The van der Waals surface area contributed by atoms with Gasteiger partial charge in [-0.15, -0.1) is 0 Å². The molecule has 1 aliphatic rings. The van der Waals surface area contributed by atoms with Gasteiger partial charge in [-0.2, -0.15) is 0 Å². The van der Waals surface area contributed by atoms with E-state index in [4.69, 9.17) is 4.74 Å². The summed E-state index contributed by atoms with van der Waals surface area (Å²) in [5, 5.41) is 3.67. The lowest BCUT2D eigenvalue weighted by Crippen LogP contribution is -2.48. The van der Waals surface area contributed by atoms with Crippen molar-refractivity contribution in [2.24, 2.45) is 7.05 Å². The molecule has 0 unspecified atom stereocenters. The molecule has 1 aromatic carbocycles. The fourth-order valence-electron chi connectivity index (χ4n) is 3.43. The van der Waals surface area contributed by atoms with E-state index in [2.05, 4.69) is 34.3 Å². The van der Waals surface area contributed by atoms with Gasteiger partial charge in [0.05, 0.1) is 7.11 Å². The minimum absolute atomic E-state index is 0.0280. The monoisotopic (exact) mass is 356 g/mol. The first-order chi connectivity index (χ1) is 12.6. The number of benzene rings is 1. The number of aryl methyl sites for hydroxylation is 1. The van der Waals surface area contributed by atoms with Gasteiger partial charge in [0, 0.05) is 45.1 Å². The summed E-state index contributed by atoms with van der Waals surface area (Å²) >= 11 is 0. The maximum atomic E-state index is 12.3. The van der Waals surface area contributed by atoms with E-state index in [1.54, 1.807) is 31.1 Å². The molecule has 2 heterocycles. The molecule has 1 aliphatic heterocycles. The zero-order chi connectivity index (χ0) is 18.5. The van der Waals surface area contributed by atoms with E-state index in [-0.39, 0.29) is 5.56 Å². The molecule has 1 N–H and O–H groups in total. The fourth-order valence-corrected chi connectivity index (χ4v) is 3.43. The Hall–Kier alpha value is -2.34. The summed E-state index contributed by atoms with van der Waals surface area (Å²) in [5.74, 6) is 1.86. The highest BCUT2D eigenvalue weighted by molar-refractivity contribution is 5.36. The van der Waals surface area contributed by atoms with Gasteiger partial charge in [0.25, 0.3) is 5.56 Å². The average Bonchev–Trinajstić information content (AvgIpc) is 2.68. The number of nitrogens with zero attached hydrogens (tertiary/aromatic N) is 3. The first-order valence-electron chi connectivity index (χ1n) is 9.22. The standard InChI is InChI=1S/C20H28N4O2/c1-15(16-6-8-18(26-3)9-7-16)13-22-17-5-4-11-24(14-17)19-20(25)23(2)12-10-21-19/h6-10,12,15,17,22H,4-5,11,13-14H2,1-3H3/t15-,17+/m1/s1. The van der Waals surface area contributed by atoms with Crippen molar-refractivity contribution >= 4 is 5.82 Å². The molecule has 140 valence electrons. The van der Waals surface area contributed by atoms with Crippen molar-refractivity contribution in [3.05, 3.63) is 52.6 Å². The summed E-state index contributed by atoms with van der Waals surface area (Å²) in [4.78, 5) is 18.7. The third kappa shape index (κ3) is 4.25. The van der Waals surface area contributed by atoms with E-state index in [1.165, 1.54) is 5.56 Å². The Balaban J connectivity index is 1.58. The third-order valence-electron chi connectivity index (χ3n) is 5.12. The third-order valence-corrected chi connectivity index (χ3v) is 5.12. The molecule has 2 atom stereocenters. The minimum Gasteiger partial charge on any atom is -0.497 e. The molecule has 0 saturated carbocycles. The Morgan fingerprint density at radius 3 is 2.85 bits per heavy atom. The highest BCUT2D eigenvalue weighted by Gasteiger charge is 2.23. The second kappa shape index (κ2) is 8.36. The van der Waals surface area contributed by atoms with Gasteiger partial charge < -0.3 is 19.5 Å². The number of aromatic nitrogens is 2. The molecule has 1 fully saturated rings. The first kappa shape index (κ1) is 18.5. The summed E-state index contributed by atoms with van der Waals surface area (Å²) in [6.45, 7) is 4.84. The van der Waals surface area contributed by atoms with E-state index in [9.17, 15) is 4.79 Å². The number of nitrogens with one attached hydrogen (secondary N) is 1. The molecule has 0 bridgehead atoms. The van der Waals surface area contributed by atoms with E-state index >= 15 is 0 Å². The Morgan fingerprint density at radius 2 is 2.12 bits per heavy atom. The van der Waals surface area contributed by atoms with Crippen molar-refractivity contribution in [3.63, 3.8) is 0 Å². The van der Waals surface area contributed by atoms with Crippen molar-refractivity contribution in [1.29, 1.82) is 0 Å². The zero-order valence-corrected chi connectivity index (χ0v) is 15.8. The van der Waals surface area contributed by atoms with Gasteiger partial charge in [-0.25, -0.2) is 4.98 Å². The van der Waals surface area contributed by atoms with Gasteiger partial charge in [-0.05, 0) is 36.5 Å². The van der Waals surface area contributed by atoms with Crippen LogP contribution >= 0.6 is 0 Å². The zero-order valence-electron chi connectivity index (χ0n) is 15.8. The highest BCUT2D eigenvalue weighted by Crippen LogP contribution is 2.20. The molecule has 6 nitrogen and oxygen atoms in total. The normalized spacial score (nSPS) is 18.6. The van der Waals surface area contributed by atoms with Crippen molar-refractivity contribution in [3.8, 4) is 5.75 Å². The Labute approximate surface area is 154 Å². The minimum atomic E-state index is -0.0280. The van der Waals surface area contributed by atoms with Crippen LogP contribution in [0.4, 0.5) is 5.82 Å². The Kier molecular flexibility index (Phi) is 5.93. The summed E-state index contributed by atoms with van der Waals surface area (Å²) < 4.78 is 6.81. The fraction of sp³-hybridized carbons (Fsp3) is 0.500. The van der Waals surface area contributed by atoms with Gasteiger partial charge in [0.2, 0.25) is 0 Å². The summed E-state index contributed by atoms with van der Waals surface area (Å²) in [6.07, 6.45) is 5.58. The quantitative estimate of drug-likeness (QED) is 0.859. The number of hydrogen-bond donors (Lipinski definition) is 1. The molecule has 3 rings (SSSR count). The summed E-state index contributed by atoms with van der Waals surface area (Å²) in [5.41, 5.74) is 1.27. The van der Waals surface area contributed by atoms with E-state index in [1.807, 2.05) is 12.1 Å². The second-order valence-corrected chi connectivity index (χ2v) is 7.03. The van der Waals surface area contributed by atoms with Crippen LogP contribution in [0, 0.1) is 0 Å². The number of anilines is 1. The average molecular weight is 356 g/mol. The van der Waals surface area contributed by atoms with Crippen LogP contribution in [0.2, 0.25) is 0 Å². The predicted molar refractivity (Wildman–Crippen MR) is 104 cm³/mol. The number of ether oxygens (including phenoxy) is 1. The summed E-state index contributed by atoms with van der Waals surface area (Å²) in [6, 6.07) is 8.62. The molecule has 0 aliphatic carbocycles. The number of piperidine rings is 1. The number of rotatable bonds is 6. The van der Waals surface area contributed by atoms with Crippen LogP contribution in [0.25, 0.3) is 0 Å². The molecule has 0 radical (unpaired) electrons. The maximum absolute atomic E-state index is 12.3. The first-order valence-corrected chi connectivity index (χ1v) is 9.22. The maximum Gasteiger partial charge on any atom is 0.293 e. The molecular weight excluding hydrogens is 328 g/mol. The lowest BCUT2D eigenvalue weighted by atomic mass is 9.99. The van der Waals surface area contributed by atoms with Gasteiger partial charge >= 0.3 is 0 Å². The lowest BCUT2D eigenvalue weighted by molar-refractivity contribution is 0.409. The van der Waals surface area contributed by atoms with Crippen LogP contribution < -0.4 is 20.5 Å². The van der Waals surface area contributed by atoms with Crippen LogP contribution in [0.5, 0.6) is 5.75 Å². The van der Waals surface area contributed by atoms with Crippen LogP contribution in [-0.2, 0) is 7.05 Å². The lowest BCUT2D eigenvalue weighted by Gasteiger charge is -2.34. The largest absolute Gasteiger partial charge is 0.497 e. The highest BCUT2D eigenvalue weighted by atomic mass is 16.5. The molecular formula is C20H28N4O2. The van der Waals surface area contributed by atoms with Crippen molar-refractivity contribution in [1.82, 2.24) is 14.9 Å².